The maximum atomic E-state index is 11.5. The first-order chi connectivity index (χ1) is 10.6. The van der Waals surface area contributed by atoms with E-state index in [4.69, 9.17) is 21.1 Å². The van der Waals surface area contributed by atoms with E-state index >= 15 is 0 Å². The zero-order valence-electron chi connectivity index (χ0n) is 13.0. The summed E-state index contributed by atoms with van der Waals surface area (Å²) in [5, 5.41) is 2.29. The first kappa shape index (κ1) is 16.6. The van der Waals surface area contributed by atoms with E-state index in [1.165, 1.54) is 0 Å². The third-order valence-electron chi connectivity index (χ3n) is 3.65. The number of alkyl halides is 1. The molecule has 4 heteroatoms. The van der Waals surface area contributed by atoms with Crippen molar-refractivity contribution in [1.29, 1.82) is 0 Å². The van der Waals surface area contributed by atoms with Gasteiger partial charge in [0.15, 0.2) is 0 Å². The number of benzene rings is 2. The van der Waals surface area contributed by atoms with Gasteiger partial charge < -0.3 is 9.47 Å². The average Bonchev–Trinajstić information content (AvgIpc) is 2.56. The van der Waals surface area contributed by atoms with Crippen molar-refractivity contribution in [3.63, 3.8) is 0 Å². The Morgan fingerprint density at radius 2 is 1.91 bits per heavy atom. The normalized spacial score (nSPS) is 12.1. The van der Waals surface area contributed by atoms with Crippen molar-refractivity contribution in [3.8, 4) is 5.75 Å². The number of hydrogen-bond donors (Lipinski definition) is 0. The Hall–Kier alpha value is -1.74. The Balaban J connectivity index is 2.02. The van der Waals surface area contributed by atoms with Gasteiger partial charge in [-0.2, -0.15) is 0 Å². The van der Waals surface area contributed by atoms with Crippen LogP contribution in [0.15, 0.2) is 36.4 Å². The summed E-state index contributed by atoms with van der Waals surface area (Å²) in [7, 11) is 1.66. The van der Waals surface area contributed by atoms with Crippen molar-refractivity contribution >= 4 is 28.3 Å². The molecule has 2 aromatic rings. The number of carbonyl (C=O) groups is 1. The maximum absolute atomic E-state index is 11.5. The van der Waals surface area contributed by atoms with Crippen LogP contribution in [0, 0.1) is 0 Å². The number of carbonyl (C=O) groups excluding carboxylic acids is 1. The van der Waals surface area contributed by atoms with Gasteiger partial charge in [0.2, 0.25) is 0 Å². The van der Waals surface area contributed by atoms with Gasteiger partial charge >= 0.3 is 5.97 Å². The highest BCUT2D eigenvalue weighted by molar-refractivity contribution is 6.17. The number of fused-ring (bicyclic) bond motifs is 1. The second-order valence-corrected chi connectivity index (χ2v) is 5.73. The predicted octanol–water partition coefficient (Wildman–Crippen LogP) is 4.51. The summed E-state index contributed by atoms with van der Waals surface area (Å²) in [4.78, 5) is 11.5. The molecule has 0 aromatic heterocycles. The fourth-order valence-corrected chi connectivity index (χ4v) is 2.41. The van der Waals surface area contributed by atoms with E-state index in [2.05, 4.69) is 25.1 Å². The summed E-state index contributed by atoms with van der Waals surface area (Å²) in [6.07, 6.45) is 1.04. The van der Waals surface area contributed by atoms with Crippen molar-refractivity contribution in [2.45, 2.75) is 25.7 Å². The van der Waals surface area contributed by atoms with Crippen LogP contribution >= 0.6 is 11.6 Å². The molecule has 1 atom stereocenters. The number of methoxy groups -OCH3 is 1. The largest absolute Gasteiger partial charge is 0.497 e. The Kier molecular flexibility index (Phi) is 6.08. The summed E-state index contributed by atoms with van der Waals surface area (Å²) < 4.78 is 10.5. The zero-order chi connectivity index (χ0) is 15.9. The fourth-order valence-electron chi connectivity index (χ4n) is 2.27. The average molecular weight is 321 g/mol. The number of hydrogen-bond acceptors (Lipinski definition) is 3. The first-order valence-electron chi connectivity index (χ1n) is 7.43. The van der Waals surface area contributed by atoms with Gasteiger partial charge in [-0.1, -0.05) is 31.2 Å². The molecule has 118 valence electrons. The smallest absolute Gasteiger partial charge is 0.305 e. The van der Waals surface area contributed by atoms with Crippen LogP contribution in [0.25, 0.3) is 10.8 Å². The lowest BCUT2D eigenvalue weighted by molar-refractivity contribution is -0.144. The van der Waals surface area contributed by atoms with Crippen molar-refractivity contribution in [3.05, 3.63) is 42.0 Å². The third kappa shape index (κ3) is 4.38. The molecule has 0 bridgehead atoms. The lowest BCUT2D eigenvalue weighted by Crippen LogP contribution is -2.11. The van der Waals surface area contributed by atoms with Gasteiger partial charge in [-0.05, 0) is 34.9 Å². The highest BCUT2D eigenvalue weighted by Gasteiger charge is 2.10. The molecule has 0 saturated heterocycles. The first-order valence-corrected chi connectivity index (χ1v) is 7.96. The Bertz CT molecular complexity index is 639. The van der Waals surface area contributed by atoms with Gasteiger partial charge in [-0.3, -0.25) is 4.79 Å². The SMILES string of the molecule is COc1ccc2cc(C(C)COC(=O)CCCCl)ccc2c1. The molecule has 22 heavy (non-hydrogen) atoms. The molecule has 1 unspecified atom stereocenters. The van der Waals surface area contributed by atoms with Crippen LogP contribution in [0.4, 0.5) is 0 Å². The molecule has 0 aliphatic heterocycles. The molecule has 0 saturated carbocycles. The van der Waals surface area contributed by atoms with Gasteiger partial charge in [-0.25, -0.2) is 0 Å². The van der Waals surface area contributed by atoms with E-state index in [9.17, 15) is 4.79 Å². The molecule has 2 aromatic carbocycles. The van der Waals surface area contributed by atoms with E-state index in [1.54, 1.807) is 7.11 Å². The van der Waals surface area contributed by atoms with Crippen molar-refractivity contribution in [2.75, 3.05) is 19.6 Å². The minimum absolute atomic E-state index is 0.159. The van der Waals surface area contributed by atoms with Crippen molar-refractivity contribution < 1.29 is 14.3 Å². The molecular formula is C18H21ClO3. The molecule has 0 amide bonds. The predicted molar refractivity (Wildman–Crippen MR) is 89.8 cm³/mol. The van der Waals surface area contributed by atoms with Crippen LogP contribution in [0.1, 0.15) is 31.2 Å². The third-order valence-corrected chi connectivity index (χ3v) is 3.92. The van der Waals surface area contributed by atoms with E-state index in [-0.39, 0.29) is 11.9 Å². The standard InChI is InChI=1S/C18H21ClO3/c1-13(12-22-18(20)4-3-9-19)14-5-6-16-11-17(21-2)8-7-15(16)10-14/h5-8,10-11,13H,3-4,9,12H2,1-2H3. The second-order valence-electron chi connectivity index (χ2n) is 5.35. The molecule has 0 aliphatic rings. The Morgan fingerprint density at radius 3 is 2.64 bits per heavy atom. The van der Waals surface area contributed by atoms with Crippen LogP contribution in [0.3, 0.4) is 0 Å². The Labute approximate surface area is 136 Å². The van der Waals surface area contributed by atoms with Crippen LogP contribution in [0.2, 0.25) is 0 Å². The highest BCUT2D eigenvalue weighted by atomic mass is 35.5. The number of ether oxygens (including phenoxy) is 2. The van der Waals surface area contributed by atoms with Gasteiger partial charge in [0.25, 0.3) is 0 Å². The van der Waals surface area contributed by atoms with E-state index in [0.29, 0.717) is 25.3 Å². The highest BCUT2D eigenvalue weighted by Crippen LogP contribution is 2.25. The lowest BCUT2D eigenvalue weighted by Gasteiger charge is -2.13. The van der Waals surface area contributed by atoms with Gasteiger partial charge in [0.1, 0.15) is 5.75 Å². The van der Waals surface area contributed by atoms with Crippen molar-refractivity contribution in [1.82, 2.24) is 0 Å². The monoisotopic (exact) mass is 320 g/mol. The summed E-state index contributed by atoms with van der Waals surface area (Å²) in [6.45, 7) is 2.45. The summed E-state index contributed by atoms with van der Waals surface area (Å²) in [6, 6.07) is 12.3. The fraction of sp³-hybridized carbons (Fsp3) is 0.389. The summed E-state index contributed by atoms with van der Waals surface area (Å²) >= 11 is 5.56. The molecule has 0 spiro atoms. The van der Waals surface area contributed by atoms with Gasteiger partial charge in [0.05, 0.1) is 13.7 Å². The number of halogens is 1. The van der Waals surface area contributed by atoms with Crippen molar-refractivity contribution in [2.24, 2.45) is 0 Å². The van der Waals surface area contributed by atoms with Crippen LogP contribution in [0.5, 0.6) is 5.75 Å². The molecule has 0 radical (unpaired) electrons. The minimum Gasteiger partial charge on any atom is -0.497 e. The minimum atomic E-state index is -0.182. The number of esters is 1. The molecule has 0 N–H and O–H groups in total. The number of rotatable bonds is 7. The Morgan fingerprint density at radius 1 is 1.18 bits per heavy atom. The van der Waals surface area contributed by atoms with E-state index in [0.717, 1.165) is 22.1 Å². The second kappa shape index (κ2) is 8.04. The van der Waals surface area contributed by atoms with Crippen LogP contribution < -0.4 is 4.74 Å². The van der Waals surface area contributed by atoms with Gasteiger partial charge in [0, 0.05) is 18.2 Å². The van der Waals surface area contributed by atoms with E-state index < -0.39 is 0 Å². The molecule has 0 fully saturated rings. The molecule has 2 rings (SSSR count). The lowest BCUT2D eigenvalue weighted by atomic mass is 9.98. The zero-order valence-corrected chi connectivity index (χ0v) is 13.7. The summed E-state index contributed by atoms with van der Waals surface area (Å²) in [5.41, 5.74) is 1.16. The van der Waals surface area contributed by atoms with E-state index in [1.807, 2.05) is 18.2 Å². The molecule has 0 aliphatic carbocycles. The van der Waals surface area contributed by atoms with Crippen LogP contribution in [-0.4, -0.2) is 25.6 Å². The van der Waals surface area contributed by atoms with Gasteiger partial charge in [-0.15, -0.1) is 11.6 Å². The molecule has 0 heterocycles. The van der Waals surface area contributed by atoms with Crippen LogP contribution in [-0.2, 0) is 9.53 Å². The topological polar surface area (TPSA) is 35.5 Å². The quantitative estimate of drug-likeness (QED) is 0.556. The molecular weight excluding hydrogens is 300 g/mol. The maximum Gasteiger partial charge on any atom is 0.305 e. The molecule has 3 nitrogen and oxygen atoms in total. The summed E-state index contributed by atoms with van der Waals surface area (Å²) in [5.74, 6) is 1.31.